The summed E-state index contributed by atoms with van der Waals surface area (Å²) in [5.74, 6) is -0.0634. The second-order valence-corrected chi connectivity index (χ2v) is 3.29. The fourth-order valence-electron chi connectivity index (χ4n) is 1.38. The first-order chi connectivity index (χ1) is 7.77. The van der Waals surface area contributed by atoms with Crippen LogP contribution in [0.25, 0.3) is 5.69 Å². The Hall–Kier alpha value is -2.24. The largest absolute Gasteiger partial charge is 0.352 e. The van der Waals surface area contributed by atoms with E-state index in [9.17, 15) is 4.79 Å². The zero-order valence-corrected chi connectivity index (χ0v) is 8.79. The highest BCUT2D eigenvalue weighted by Crippen LogP contribution is 2.11. The minimum absolute atomic E-state index is 0.0634. The zero-order chi connectivity index (χ0) is 11.4. The Morgan fingerprint density at radius 2 is 2.25 bits per heavy atom. The summed E-state index contributed by atoms with van der Waals surface area (Å²) in [5, 5.41) is 13.7. The highest BCUT2D eigenvalue weighted by atomic mass is 16.1. The van der Waals surface area contributed by atoms with Crippen molar-refractivity contribution in [3.8, 4) is 5.69 Å². The molecule has 0 fully saturated rings. The van der Waals surface area contributed by atoms with Crippen molar-refractivity contribution in [2.75, 3.05) is 0 Å². The number of nitrogens with one attached hydrogen (secondary N) is 1. The number of hydrogen-bond acceptors (Lipinski definition) is 4. The van der Waals surface area contributed by atoms with Gasteiger partial charge in [0.25, 0.3) is 0 Å². The van der Waals surface area contributed by atoms with Gasteiger partial charge in [0.1, 0.15) is 6.33 Å². The quantitative estimate of drug-likeness (QED) is 0.802. The summed E-state index contributed by atoms with van der Waals surface area (Å²) in [7, 11) is 0. The van der Waals surface area contributed by atoms with Gasteiger partial charge in [0.15, 0.2) is 0 Å². The summed E-state index contributed by atoms with van der Waals surface area (Å²) in [6.07, 6.45) is 1.52. The summed E-state index contributed by atoms with van der Waals surface area (Å²) in [5.41, 5.74) is 1.83. The minimum Gasteiger partial charge on any atom is -0.352 e. The highest BCUT2D eigenvalue weighted by Gasteiger charge is 2.05. The first-order valence-corrected chi connectivity index (χ1v) is 4.83. The van der Waals surface area contributed by atoms with Crippen LogP contribution in [0.2, 0.25) is 0 Å². The van der Waals surface area contributed by atoms with Gasteiger partial charge < -0.3 is 5.32 Å². The van der Waals surface area contributed by atoms with Crippen LogP contribution in [0, 0.1) is 0 Å². The number of aromatic nitrogens is 4. The summed E-state index contributed by atoms with van der Waals surface area (Å²) in [6.45, 7) is 1.95. The number of rotatable bonds is 3. The molecule has 1 heterocycles. The van der Waals surface area contributed by atoms with Crippen LogP contribution in [-0.4, -0.2) is 26.1 Å². The second-order valence-electron chi connectivity index (χ2n) is 3.29. The van der Waals surface area contributed by atoms with E-state index in [-0.39, 0.29) is 5.91 Å². The molecule has 0 saturated carbocycles. The van der Waals surface area contributed by atoms with Gasteiger partial charge in [-0.3, -0.25) is 4.79 Å². The minimum atomic E-state index is -0.0634. The smallest absolute Gasteiger partial charge is 0.217 e. The third kappa shape index (κ3) is 2.22. The molecule has 0 aliphatic rings. The fourth-order valence-corrected chi connectivity index (χ4v) is 1.38. The third-order valence-corrected chi connectivity index (χ3v) is 2.12. The van der Waals surface area contributed by atoms with Crippen LogP contribution in [0.15, 0.2) is 30.6 Å². The Morgan fingerprint density at radius 1 is 1.44 bits per heavy atom. The highest BCUT2D eigenvalue weighted by molar-refractivity contribution is 5.72. The van der Waals surface area contributed by atoms with Crippen molar-refractivity contribution in [1.29, 1.82) is 0 Å². The van der Waals surface area contributed by atoms with Gasteiger partial charge in [0.2, 0.25) is 5.91 Å². The van der Waals surface area contributed by atoms with Crippen LogP contribution in [0.3, 0.4) is 0 Å². The lowest BCUT2D eigenvalue weighted by molar-refractivity contribution is -0.119. The number of amides is 1. The van der Waals surface area contributed by atoms with Crippen LogP contribution in [-0.2, 0) is 11.3 Å². The van der Waals surface area contributed by atoms with Crippen LogP contribution < -0.4 is 5.32 Å². The molecule has 2 rings (SSSR count). The first kappa shape index (κ1) is 10.3. The summed E-state index contributed by atoms with van der Waals surface area (Å²) in [6, 6.07) is 7.62. The van der Waals surface area contributed by atoms with Gasteiger partial charge in [-0.15, -0.1) is 5.10 Å². The molecule has 0 spiro atoms. The second kappa shape index (κ2) is 4.52. The van der Waals surface area contributed by atoms with E-state index in [0.29, 0.717) is 6.54 Å². The molecule has 0 aliphatic heterocycles. The monoisotopic (exact) mass is 217 g/mol. The van der Waals surface area contributed by atoms with E-state index < -0.39 is 0 Å². The average Bonchev–Trinajstić information content (AvgIpc) is 2.80. The molecule has 1 aromatic carbocycles. The average molecular weight is 217 g/mol. The van der Waals surface area contributed by atoms with Crippen LogP contribution in [0.1, 0.15) is 12.5 Å². The molecule has 0 aliphatic carbocycles. The molecule has 1 aromatic heterocycles. The first-order valence-electron chi connectivity index (χ1n) is 4.83. The van der Waals surface area contributed by atoms with Crippen LogP contribution in [0.4, 0.5) is 0 Å². The van der Waals surface area contributed by atoms with E-state index >= 15 is 0 Å². The third-order valence-electron chi connectivity index (χ3n) is 2.12. The molecule has 0 saturated heterocycles. The van der Waals surface area contributed by atoms with Gasteiger partial charge in [0, 0.05) is 13.5 Å². The number of hydrogen-bond donors (Lipinski definition) is 1. The van der Waals surface area contributed by atoms with Gasteiger partial charge in [-0.2, -0.15) is 0 Å². The van der Waals surface area contributed by atoms with Crippen molar-refractivity contribution in [2.45, 2.75) is 13.5 Å². The van der Waals surface area contributed by atoms with E-state index in [2.05, 4.69) is 20.8 Å². The van der Waals surface area contributed by atoms with E-state index in [1.54, 1.807) is 4.68 Å². The molecule has 1 N–H and O–H groups in total. The molecule has 1 amide bonds. The van der Waals surface area contributed by atoms with Crippen molar-refractivity contribution in [3.05, 3.63) is 36.2 Å². The van der Waals surface area contributed by atoms with Gasteiger partial charge in [-0.1, -0.05) is 18.2 Å². The number of carbonyl (C=O) groups excluding carboxylic acids is 1. The van der Waals surface area contributed by atoms with Crippen molar-refractivity contribution in [2.24, 2.45) is 0 Å². The van der Waals surface area contributed by atoms with Gasteiger partial charge in [-0.25, -0.2) is 4.68 Å². The van der Waals surface area contributed by atoms with Gasteiger partial charge in [-0.05, 0) is 22.1 Å². The molecule has 6 nitrogen and oxygen atoms in total. The van der Waals surface area contributed by atoms with Crippen molar-refractivity contribution >= 4 is 5.91 Å². The molecule has 0 atom stereocenters. The summed E-state index contributed by atoms with van der Waals surface area (Å²) >= 11 is 0. The van der Waals surface area contributed by atoms with Crippen LogP contribution >= 0.6 is 0 Å². The van der Waals surface area contributed by atoms with E-state index in [1.807, 2.05) is 24.3 Å². The Bertz CT molecular complexity index is 480. The van der Waals surface area contributed by atoms with Crippen LogP contribution in [0.5, 0.6) is 0 Å². The molecule has 0 unspecified atom stereocenters. The van der Waals surface area contributed by atoms with Gasteiger partial charge in [0.05, 0.1) is 5.69 Å². The summed E-state index contributed by atoms with van der Waals surface area (Å²) in [4.78, 5) is 10.9. The lowest BCUT2D eigenvalue weighted by Gasteiger charge is -2.08. The zero-order valence-electron chi connectivity index (χ0n) is 8.79. The number of carbonyl (C=O) groups is 1. The predicted octanol–water partition coefficient (Wildman–Crippen LogP) is 0.298. The molecule has 16 heavy (non-hydrogen) atoms. The number of nitrogens with zero attached hydrogens (tertiary/aromatic N) is 4. The Morgan fingerprint density at radius 3 is 2.94 bits per heavy atom. The van der Waals surface area contributed by atoms with E-state index in [0.717, 1.165) is 11.3 Å². The Labute approximate surface area is 92.3 Å². The fraction of sp³-hybridized carbons (Fsp3) is 0.200. The van der Waals surface area contributed by atoms with Crippen molar-refractivity contribution in [3.63, 3.8) is 0 Å². The Kier molecular flexibility index (Phi) is 2.90. The molecule has 0 bridgehead atoms. The topological polar surface area (TPSA) is 72.7 Å². The maximum atomic E-state index is 10.9. The molecule has 0 radical (unpaired) electrons. The number of tetrazole rings is 1. The van der Waals surface area contributed by atoms with Crippen molar-refractivity contribution in [1.82, 2.24) is 25.5 Å². The Balaban J connectivity index is 2.27. The normalized spacial score (nSPS) is 10.1. The maximum Gasteiger partial charge on any atom is 0.217 e. The van der Waals surface area contributed by atoms with Crippen molar-refractivity contribution < 1.29 is 4.79 Å². The maximum absolute atomic E-state index is 10.9. The lowest BCUT2D eigenvalue weighted by atomic mass is 10.2. The van der Waals surface area contributed by atoms with E-state index in [4.69, 9.17) is 0 Å². The number of para-hydroxylation sites is 1. The number of benzene rings is 1. The molecular formula is C10H11N5O. The predicted molar refractivity (Wildman–Crippen MR) is 56.7 cm³/mol. The molecule has 2 aromatic rings. The molecule has 6 heteroatoms. The van der Waals surface area contributed by atoms with Gasteiger partial charge >= 0.3 is 0 Å². The summed E-state index contributed by atoms with van der Waals surface area (Å²) < 4.78 is 1.57. The molecular weight excluding hydrogens is 206 g/mol. The SMILES string of the molecule is CC(=O)NCc1ccccc1-n1cnnn1. The standard InChI is InChI=1S/C10H11N5O/c1-8(16)11-6-9-4-2-3-5-10(9)15-7-12-13-14-15/h2-5,7H,6H2,1H3,(H,11,16). The van der Waals surface area contributed by atoms with E-state index in [1.165, 1.54) is 13.3 Å². The molecule has 82 valence electrons. The lowest BCUT2D eigenvalue weighted by Crippen LogP contribution is -2.20.